The van der Waals surface area contributed by atoms with Gasteiger partial charge < -0.3 is 15.4 Å². The molecule has 1 aromatic carbocycles. The van der Waals surface area contributed by atoms with Crippen molar-refractivity contribution in [3.8, 4) is 5.75 Å². The van der Waals surface area contributed by atoms with E-state index >= 15 is 0 Å². The molecule has 0 spiro atoms. The monoisotopic (exact) mass is 262 g/mol. The number of hydrogen-bond acceptors (Lipinski definition) is 3. The van der Waals surface area contributed by atoms with Gasteiger partial charge in [0, 0.05) is 19.0 Å². The minimum Gasteiger partial charge on any atom is -0.484 e. The Hall–Kier alpha value is -2.04. The van der Waals surface area contributed by atoms with Crippen LogP contribution in [0.15, 0.2) is 24.3 Å². The van der Waals surface area contributed by atoms with Gasteiger partial charge in [0.05, 0.1) is 0 Å². The highest BCUT2D eigenvalue weighted by molar-refractivity contribution is 5.79. The predicted octanol–water partition coefficient (Wildman–Crippen LogP) is 0.769. The Labute approximate surface area is 112 Å². The molecule has 0 saturated carbocycles. The maximum atomic E-state index is 11.6. The largest absolute Gasteiger partial charge is 0.484 e. The Balaban J connectivity index is 1.70. The van der Waals surface area contributed by atoms with Crippen molar-refractivity contribution in [3.05, 3.63) is 29.8 Å². The van der Waals surface area contributed by atoms with Crippen LogP contribution in [0.3, 0.4) is 0 Å². The molecule has 0 aliphatic carbocycles. The van der Waals surface area contributed by atoms with Gasteiger partial charge in [-0.25, -0.2) is 0 Å². The number of aryl methyl sites for hydroxylation is 1. The van der Waals surface area contributed by atoms with Gasteiger partial charge in [-0.2, -0.15) is 0 Å². The van der Waals surface area contributed by atoms with Crippen LogP contribution in [0, 0.1) is 6.92 Å². The van der Waals surface area contributed by atoms with Gasteiger partial charge in [0.25, 0.3) is 5.91 Å². The zero-order valence-electron chi connectivity index (χ0n) is 10.9. The van der Waals surface area contributed by atoms with Gasteiger partial charge >= 0.3 is 0 Å². The van der Waals surface area contributed by atoms with Gasteiger partial charge in [-0.3, -0.25) is 9.59 Å². The van der Waals surface area contributed by atoms with Crippen LogP contribution in [-0.4, -0.2) is 31.0 Å². The lowest BCUT2D eigenvalue weighted by Crippen LogP contribution is -2.40. The molecule has 1 unspecified atom stereocenters. The molecule has 0 aromatic heterocycles. The quantitative estimate of drug-likeness (QED) is 0.823. The lowest BCUT2D eigenvalue weighted by atomic mass is 10.2. The highest BCUT2D eigenvalue weighted by Crippen LogP contribution is 2.15. The summed E-state index contributed by atoms with van der Waals surface area (Å²) in [6.07, 6.45) is 1.32. The van der Waals surface area contributed by atoms with E-state index in [9.17, 15) is 9.59 Å². The van der Waals surface area contributed by atoms with Crippen molar-refractivity contribution in [3.63, 3.8) is 0 Å². The summed E-state index contributed by atoms with van der Waals surface area (Å²) >= 11 is 0. The first-order valence-corrected chi connectivity index (χ1v) is 6.39. The minimum atomic E-state index is -0.176. The zero-order chi connectivity index (χ0) is 13.7. The van der Waals surface area contributed by atoms with E-state index in [4.69, 9.17) is 4.74 Å². The van der Waals surface area contributed by atoms with Crippen LogP contribution in [0.2, 0.25) is 0 Å². The summed E-state index contributed by atoms with van der Waals surface area (Å²) < 4.78 is 5.44. The number of nitrogens with one attached hydrogen (secondary N) is 2. The molecule has 1 atom stereocenters. The Bertz CT molecular complexity index is 474. The van der Waals surface area contributed by atoms with E-state index in [0.717, 1.165) is 12.0 Å². The fourth-order valence-electron chi connectivity index (χ4n) is 1.98. The molecule has 1 fully saturated rings. The van der Waals surface area contributed by atoms with Crippen LogP contribution in [0.25, 0.3) is 0 Å². The molecule has 1 saturated heterocycles. The Kier molecular flexibility index (Phi) is 4.39. The van der Waals surface area contributed by atoms with Crippen molar-refractivity contribution in [1.82, 2.24) is 10.6 Å². The molecular formula is C14H18N2O3. The summed E-state index contributed by atoms with van der Waals surface area (Å²) in [4.78, 5) is 22.6. The second-order valence-electron chi connectivity index (χ2n) is 4.66. The number of ether oxygens (including phenoxy) is 1. The average Bonchev–Trinajstić information content (AvgIpc) is 2.81. The first-order valence-electron chi connectivity index (χ1n) is 6.39. The van der Waals surface area contributed by atoms with Crippen LogP contribution < -0.4 is 15.4 Å². The Morgan fingerprint density at radius 2 is 2.26 bits per heavy atom. The normalized spacial score (nSPS) is 17.9. The zero-order valence-corrected chi connectivity index (χ0v) is 10.9. The van der Waals surface area contributed by atoms with Gasteiger partial charge in [0.2, 0.25) is 5.91 Å². The van der Waals surface area contributed by atoms with E-state index in [1.807, 2.05) is 31.2 Å². The lowest BCUT2D eigenvalue weighted by molar-refractivity contribution is -0.123. The van der Waals surface area contributed by atoms with Gasteiger partial charge in [-0.15, -0.1) is 0 Å². The van der Waals surface area contributed by atoms with Gasteiger partial charge in [-0.05, 0) is 25.0 Å². The maximum absolute atomic E-state index is 11.6. The van der Waals surface area contributed by atoms with Gasteiger partial charge in [0.15, 0.2) is 6.61 Å². The Morgan fingerprint density at radius 3 is 2.95 bits per heavy atom. The number of amides is 2. The van der Waals surface area contributed by atoms with Crippen LogP contribution in [0.4, 0.5) is 0 Å². The molecule has 1 aliphatic heterocycles. The molecule has 1 aliphatic rings. The topological polar surface area (TPSA) is 67.4 Å². The molecular weight excluding hydrogens is 244 g/mol. The molecule has 5 heteroatoms. The maximum Gasteiger partial charge on any atom is 0.258 e. The van der Waals surface area contributed by atoms with Crippen LogP contribution in [0.5, 0.6) is 5.75 Å². The summed E-state index contributed by atoms with van der Waals surface area (Å²) in [5, 5.41) is 5.55. The highest BCUT2D eigenvalue weighted by atomic mass is 16.5. The first-order chi connectivity index (χ1) is 9.15. The molecule has 1 heterocycles. The second-order valence-corrected chi connectivity index (χ2v) is 4.66. The summed E-state index contributed by atoms with van der Waals surface area (Å²) in [6, 6.07) is 7.61. The van der Waals surface area contributed by atoms with Crippen LogP contribution >= 0.6 is 0 Å². The number of rotatable bonds is 5. The number of para-hydroxylation sites is 1. The van der Waals surface area contributed by atoms with Crippen molar-refractivity contribution in [1.29, 1.82) is 0 Å². The molecule has 5 nitrogen and oxygen atoms in total. The second kappa shape index (κ2) is 6.22. The highest BCUT2D eigenvalue weighted by Gasteiger charge is 2.20. The van der Waals surface area contributed by atoms with Crippen molar-refractivity contribution in [2.75, 3.05) is 13.2 Å². The molecule has 102 valence electrons. The third kappa shape index (κ3) is 3.98. The fraction of sp³-hybridized carbons (Fsp3) is 0.429. The molecule has 0 radical (unpaired) electrons. The third-order valence-electron chi connectivity index (χ3n) is 3.08. The van der Waals surface area contributed by atoms with E-state index in [1.54, 1.807) is 0 Å². The van der Waals surface area contributed by atoms with E-state index in [2.05, 4.69) is 10.6 Å². The molecule has 2 rings (SSSR count). The SMILES string of the molecule is Cc1ccccc1OCC(=O)NCC1CCC(=O)N1. The summed E-state index contributed by atoms with van der Waals surface area (Å²) in [7, 11) is 0. The summed E-state index contributed by atoms with van der Waals surface area (Å²) in [5.74, 6) is 0.589. The lowest BCUT2D eigenvalue weighted by Gasteiger charge is -2.12. The number of carbonyl (C=O) groups is 2. The first kappa shape index (κ1) is 13.4. The van der Waals surface area contributed by atoms with Crippen molar-refractivity contribution in [2.24, 2.45) is 0 Å². The summed E-state index contributed by atoms with van der Waals surface area (Å²) in [5.41, 5.74) is 0.998. The molecule has 19 heavy (non-hydrogen) atoms. The average molecular weight is 262 g/mol. The molecule has 1 aromatic rings. The van der Waals surface area contributed by atoms with Crippen LogP contribution in [-0.2, 0) is 9.59 Å². The van der Waals surface area contributed by atoms with E-state index in [0.29, 0.717) is 18.7 Å². The van der Waals surface area contributed by atoms with Gasteiger partial charge in [-0.1, -0.05) is 18.2 Å². The molecule has 0 bridgehead atoms. The smallest absolute Gasteiger partial charge is 0.258 e. The Morgan fingerprint density at radius 1 is 1.47 bits per heavy atom. The standard InChI is InChI=1S/C14H18N2O3/c1-10-4-2-3-5-12(10)19-9-14(18)15-8-11-6-7-13(17)16-11/h2-5,11H,6-9H2,1H3,(H,15,18)(H,16,17). The minimum absolute atomic E-state index is 0.00841. The van der Waals surface area contributed by atoms with E-state index < -0.39 is 0 Å². The third-order valence-corrected chi connectivity index (χ3v) is 3.08. The van der Waals surface area contributed by atoms with Crippen molar-refractivity contribution < 1.29 is 14.3 Å². The number of benzene rings is 1. The fourth-order valence-corrected chi connectivity index (χ4v) is 1.98. The number of carbonyl (C=O) groups excluding carboxylic acids is 2. The van der Waals surface area contributed by atoms with E-state index in [-0.39, 0.29) is 24.5 Å². The van der Waals surface area contributed by atoms with Crippen LogP contribution in [0.1, 0.15) is 18.4 Å². The van der Waals surface area contributed by atoms with Crippen molar-refractivity contribution >= 4 is 11.8 Å². The van der Waals surface area contributed by atoms with E-state index in [1.165, 1.54) is 0 Å². The predicted molar refractivity (Wildman–Crippen MR) is 70.8 cm³/mol. The number of hydrogen-bond donors (Lipinski definition) is 2. The molecule has 2 N–H and O–H groups in total. The van der Waals surface area contributed by atoms with Gasteiger partial charge in [0.1, 0.15) is 5.75 Å². The summed E-state index contributed by atoms with van der Waals surface area (Å²) in [6.45, 7) is 2.38. The molecule has 2 amide bonds. The van der Waals surface area contributed by atoms with Crippen molar-refractivity contribution in [2.45, 2.75) is 25.8 Å².